The Morgan fingerprint density at radius 3 is 3.11 bits per heavy atom. The molecule has 0 N–H and O–H groups in total. The van der Waals surface area contributed by atoms with E-state index in [4.69, 9.17) is 0 Å². The van der Waals surface area contributed by atoms with Gasteiger partial charge in [0.2, 0.25) is 6.08 Å². The Morgan fingerprint density at radius 2 is 2.33 bits per heavy atom. The molecule has 2 aromatic heterocycles. The molecule has 0 bridgehead atoms. The lowest BCUT2D eigenvalue weighted by Crippen LogP contribution is -2.18. The molecule has 0 fully saturated rings. The highest BCUT2D eigenvalue weighted by Gasteiger charge is 2.02. The number of aliphatic imine (C=N–C) groups is 1. The lowest BCUT2D eigenvalue weighted by atomic mass is 10.4. The van der Waals surface area contributed by atoms with Crippen LogP contribution in [0.2, 0.25) is 0 Å². The van der Waals surface area contributed by atoms with Crippen LogP contribution >= 0.6 is 11.3 Å². The van der Waals surface area contributed by atoms with Crippen molar-refractivity contribution in [3.05, 3.63) is 50.8 Å². The number of thiazole rings is 1. The van der Waals surface area contributed by atoms with E-state index < -0.39 is 0 Å². The molecule has 2 heterocycles. The van der Waals surface area contributed by atoms with E-state index in [-0.39, 0.29) is 12.1 Å². The summed E-state index contributed by atoms with van der Waals surface area (Å²) in [4.78, 5) is 29.2. The number of rotatable bonds is 5. The summed E-state index contributed by atoms with van der Waals surface area (Å²) in [5.74, 6) is 0. The van der Waals surface area contributed by atoms with Crippen molar-refractivity contribution in [1.82, 2.24) is 9.55 Å². The summed E-state index contributed by atoms with van der Waals surface area (Å²) in [6.07, 6.45) is 3.94. The van der Waals surface area contributed by atoms with E-state index in [0.717, 1.165) is 10.7 Å². The fourth-order valence-electron chi connectivity index (χ4n) is 1.51. The number of carbonyl (C=O) groups excluding carboxylic acids is 1. The molecule has 0 radical (unpaired) electrons. The van der Waals surface area contributed by atoms with E-state index in [1.54, 1.807) is 16.8 Å². The second-order valence-corrected chi connectivity index (χ2v) is 4.57. The van der Waals surface area contributed by atoms with Gasteiger partial charge in [0.05, 0.1) is 17.2 Å². The zero-order valence-corrected chi connectivity index (χ0v) is 10.4. The van der Waals surface area contributed by atoms with Crippen molar-refractivity contribution >= 4 is 17.4 Å². The van der Waals surface area contributed by atoms with Crippen LogP contribution in [0.25, 0.3) is 0 Å². The lowest BCUT2D eigenvalue weighted by Gasteiger charge is -2.02. The molecule has 5 nitrogen and oxygen atoms in total. The normalized spacial score (nSPS) is 10.0. The fourth-order valence-corrected chi connectivity index (χ4v) is 2.29. The average Bonchev–Trinajstić information content (AvgIpc) is 2.83. The number of hydrogen-bond donors (Lipinski definition) is 0. The van der Waals surface area contributed by atoms with Gasteiger partial charge in [0.15, 0.2) is 0 Å². The van der Waals surface area contributed by atoms with E-state index in [0.29, 0.717) is 13.0 Å². The molecule has 0 unspecified atom stereocenters. The largest absolute Gasteiger partial charge is 0.315 e. The summed E-state index contributed by atoms with van der Waals surface area (Å²) in [5, 5.41) is 2.80. The van der Waals surface area contributed by atoms with Gasteiger partial charge in [0.25, 0.3) is 5.56 Å². The van der Waals surface area contributed by atoms with Crippen LogP contribution in [0.3, 0.4) is 0 Å². The molecule has 18 heavy (non-hydrogen) atoms. The molecule has 0 aliphatic rings. The molecule has 0 atom stereocenters. The molecule has 6 heteroatoms. The molecule has 0 aliphatic heterocycles. The number of isocyanates is 1. The van der Waals surface area contributed by atoms with Gasteiger partial charge in [-0.15, -0.1) is 11.3 Å². The van der Waals surface area contributed by atoms with Crippen LogP contribution in [-0.2, 0) is 24.3 Å². The van der Waals surface area contributed by atoms with Crippen LogP contribution in [0.5, 0.6) is 0 Å². The Balaban J connectivity index is 1.98. The van der Waals surface area contributed by atoms with Crippen LogP contribution < -0.4 is 5.56 Å². The van der Waals surface area contributed by atoms with E-state index in [1.807, 2.05) is 11.4 Å². The van der Waals surface area contributed by atoms with Gasteiger partial charge < -0.3 is 4.57 Å². The molecule has 0 aromatic carbocycles. The minimum absolute atomic E-state index is 0.0140. The first-order chi connectivity index (χ1) is 8.79. The summed E-state index contributed by atoms with van der Waals surface area (Å²) in [6, 6.07) is 5.08. The van der Waals surface area contributed by atoms with E-state index in [2.05, 4.69) is 9.98 Å². The molecule has 0 saturated heterocycles. The number of pyridine rings is 1. The van der Waals surface area contributed by atoms with Gasteiger partial charge in [0.1, 0.15) is 0 Å². The minimum atomic E-state index is -0.0140. The van der Waals surface area contributed by atoms with Gasteiger partial charge in [-0.3, -0.25) is 4.79 Å². The van der Waals surface area contributed by atoms with E-state index in [9.17, 15) is 9.59 Å². The Kier molecular flexibility index (Phi) is 4.17. The second-order valence-electron chi connectivity index (χ2n) is 3.62. The first-order valence-electron chi connectivity index (χ1n) is 5.42. The smallest absolute Gasteiger partial charge is 0.250 e. The minimum Gasteiger partial charge on any atom is -0.315 e. The van der Waals surface area contributed by atoms with Gasteiger partial charge >= 0.3 is 0 Å². The van der Waals surface area contributed by atoms with Crippen molar-refractivity contribution in [3.8, 4) is 0 Å². The predicted molar refractivity (Wildman–Crippen MR) is 68.3 cm³/mol. The fraction of sp³-hybridized carbons (Fsp3) is 0.250. The number of aromatic nitrogens is 2. The first kappa shape index (κ1) is 12.4. The Morgan fingerprint density at radius 1 is 1.44 bits per heavy atom. The number of aryl methyl sites for hydroxylation is 2. The SMILES string of the molecule is O=C=NCc1csc(CCn2ccccc2=O)n1. The first-order valence-corrected chi connectivity index (χ1v) is 6.30. The quantitative estimate of drug-likeness (QED) is 0.603. The average molecular weight is 261 g/mol. The maximum absolute atomic E-state index is 11.5. The Bertz CT molecular complexity index is 626. The maximum atomic E-state index is 11.5. The third-order valence-corrected chi connectivity index (χ3v) is 3.33. The third-order valence-electron chi connectivity index (χ3n) is 2.37. The molecule has 2 aromatic rings. The van der Waals surface area contributed by atoms with Crippen molar-refractivity contribution < 1.29 is 4.79 Å². The van der Waals surface area contributed by atoms with Crippen molar-refractivity contribution in [1.29, 1.82) is 0 Å². The van der Waals surface area contributed by atoms with Crippen molar-refractivity contribution in [2.24, 2.45) is 4.99 Å². The van der Waals surface area contributed by atoms with E-state index >= 15 is 0 Å². The highest BCUT2D eigenvalue weighted by atomic mass is 32.1. The Labute approximate surface area is 107 Å². The summed E-state index contributed by atoms with van der Waals surface area (Å²) in [7, 11) is 0. The molecule has 0 aliphatic carbocycles. The highest BCUT2D eigenvalue weighted by Crippen LogP contribution is 2.11. The van der Waals surface area contributed by atoms with Crippen LogP contribution in [0, 0.1) is 0 Å². The van der Waals surface area contributed by atoms with Crippen LogP contribution in [0.4, 0.5) is 0 Å². The van der Waals surface area contributed by atoms with Gasteiger partial charge in [-0.25, -0.2) is 9.78 Å². The highest BCUT2D eigenvalue weighted by molar-refractivity contribution is 7.09. The standard InChI is InChI=1S/C12H11N3O2S/c16-9-13-7-10-8-18-11(14-10)4-6-15-5-2-1-3-12(15)17/h1-3,5,8H,4,6-7H2. The zero-order chi connectivity index (χ0) is 12.8. The van der Waals surface area contributed by atoms with Crippen LogP contribution in [0.15, 0.2) is 39.6 Å². The summed E-state index contributed by atoms with van der Waals surface area (Å²) < 4.78 is 1.64. The molecular formula is C12H11N3O2S. The monoisotopic (exact) mass is 261 g/mol. The number of nitrogens with zero attached hydrogens (tertiary/aromatic N) is 3. The van der Waals surface area contributed by atoms with Gasteiger partial charge in [0, 0.05) is 30.6 Å². The zero-order valence-electron chi connectivity index (χ0n) is 9.57. The molecule has 0 amide bonds. The van der Waals surface area contributed by atoms with Crippen LogP contribution in [0.1, 0.15) is 10.7 Å². The number of hydrogen-bond acceptors (Lipinski definition) is 5. The molecule has 2 rings (SSSR count). The Hall–Kier alpha value is -2.04. The van der Waals surface area contributed by atoms with Gasteiger partial charge in [-0.05, 0) is 6.07 Å². The molecular weight excluding hydrogens is 250 g/mol. The van der Waals surface area contributed by atoms with Gasteiger partial charge in [-0.2, -0.15) is 4.99 Å². The predicted octanol–water partition coefficient (Wildman–Crippen LogP) is 1.38. The van der Waals surface area contributed by atoms with Crippen molar-refractivity contribution in [2.75, 3.05) is 0 Å². The van der Waals surface area contributed by atoms with Gasteiger partial charge in [-0.1, -0.05) is 6.07 Å². The summed E-state index contributed by atoms with van der Waals surface area (Å²) in [5.41, 5.74) is 0.749. The molecule has 0 spiro atoms. The lowest BCUT2D eigenvalue weighted by molar-refractivity contribution is 0.562. The van der Waals surface area contributed by atoms with E-state index in [1.165, 1.54) is 23.5 Å². The maximum Gasteiger partial charge on any atom is 0.250 e. The summed E-state index contributed by atoms with van der Waals surface area (Å²) >= 11 is 1.51. The third kappa shape index (κ3) is 3.23. The molecule has 92 valence electrons. The van der Waals surface area contributed by atoms with Crippen molar-refractivity contribution in [3.63, 3.8) is 0 Å². The molecule has 0 saturated carbocycles. The second kappa shape index (κ2) is 6.05. The van der Waals surface area contributed by atoms with Crippen LogP contribution in [-0.4, -0.2) is 15.6 Å². The van der Waals surface area contributed by atoms with Crippen molar-refractivity contribution in [2.45, 2.75) is 19.5 Å². The topological polar surface area (TPSA) is 64.3 Å². The summed E-state index contributed by atoms with van der Waals surface area (Å²) in [6.45, 7) is 0.870.